The molecule has 0 aliphatic heterocycles. The Bertz CT molecular complexity index is 428. The second kappa shape index (κ2) is 5.35. The number of pyridine rings is 1. The lowest BCUT2D eigenvalue weighted by atomic mass is 10.2. The monoisotopic (exact) mass is 246 g/mol. The van der Waals surface area contributed by atoms with Crippen molar-refractivity contribution in [1.29, 1.82) is 0 Å². The van der Waals surface area contributed by atoms with Crippen LogP contribution in [0.5, 0.6) is 0 Å². The van der Waals surface area contributed by atoms with E-state index in [1.165, 1.54) is 0 Å². The van der Waals surface area contributed by atoms with Gasteiger partial charge in [-0.1, -0.05) is 0 Å². The number of nitrogens with one attached hydrogen (secondary N) is 1. The summed E-state index contributed by atoms with van der Waals surface area (Å²) in [4.78, 5) is 0. The van der Waals surface area contributed by atoms with Crippen LogP contribution in [-0.4, -0.2) is 20.1 Å². The second-order valence-electron chi connectivity index (χ2n) is 3.48. The van der Waals surface area contributed by atoms with Crippen molar-refractivity contribution >= 4 is 10.2 Å². The smallest absolute Gasteiger partial charge is 0.274 e. The van der Waals surface area contributed by atoms with Crippen LogP contribution in [0.2, 0.25) is 0 Å². The molecule has 0 aliphatic carbocycles. The Kier molecular flexibility index (Phi) is 4.36. The summed E-state index contributed by atoms with van der Waals surface area (Å²) in [7, 11) is -3.62. The molecule has 7 heteroatoms. The van der Waals surface area contributed by atoms with E-state index in [1.807, 2.05) is 0 Å². The minimum Gasteiger partial charge on any atom is -0.389 e. The molecule has 6 nitrogen and oxygen atoms in total. The Hall–Kier alpha value is -1.02. The molecule has 1 atom stereocenters. The largest absolute Gasteiger partial charge is 0.389 e. The van der Waals surface area contributed by atoms with Crippen molar-refractivity contribution < 1.29 is 18.1 Å². The van der Waals surface area contributed by atoms with Gasteiger partial charge in [-0.2, -0.15) is 13.1 Å². The van der Waals surface area contributed by atoms with E-state index in [2.05, 4.69) is 4.72 Å². The van der Waals surface area contributed by atoms with Crippen molar-refractivity contribution in [1.82, 2.24) is 4.72 Å². The van der Waals surface area contributed by atoms with Gasteiger partial charge < -0.3 is 5.11 Å². The lowest BCUT2D eigenvalue weighted by Crippen LogP contribution is -2.41. The third-order valence-electron chi connectivity index (χ3n) is 2.07. The molecule has 0 amide bonds. The van der Waals surface area contributed by atoms with E-state index in [4.69, 9.17) is 5.14 Å². The molecule has 0 saturated carbocycles. The van der Waals surface area contributed by atoms with Crippen LogP contribution in [0.4, 0.5) is 0 Å². The van der Waals surface area contributed by atoms with Crippen LogP contribution in [0.25, 0.3) is 0 Å². The first-order valence-corrected chi connectivity index (χ1v) is 6.37. The molecular weight excluding hydrogens is 230 g/mol. The summed E-state index contributed by atoms with van der Waals surface area (Å²) in [5.41, 5.74) is 0.815. The van der Waals surface area contributed by atoms with E-state index < -0.39 is 16.3 Å². The molecule has 1 heterocycles. The van der Waals surface area contributed by atoms with Crippen LogP contribution >= 0.6 is 0 Å². The van der Waals surface area contributed by atoms with Gasteiger partial charge in [0.2, 0.25) is 0 Å². The van der Waals surface area contributed by atoms with Crippen LogP contribution in [0, 0.1) is 0 Å². The number of rotatable bonds is 5. The zero-order chi connectivity index (χ0) is 12.2. The molecule has 1 rings (SSSR count). The molecule has 0 spiro atoms. The van der Waals surface area contributed by atoms with Crippen molar-refractivity contribution in [3.8, 4) is 0 Å². The van der Waals surface area contributed by atoms with Crippen molar-refractivity contribution in [2.45, 2.75) is 19.6 Å². The summed E-state index contributed by atoms with van der Waals surface area (Å²) < 4.78 is 25.2. The highest BCUT2D eigenvalue weighted by Crippen LogP contribution is 2.07. The van der Waals surface area contributed by atoms with Crippen LogP contribution in [-0.2, 0) is 16.8 Å². The maximum atomic E-state index is 10.6. The highest BCUT2D eigenvalue weighted by atomic mass is 32.2. The molecule has 1 aromatic heterocycles. The first kappa shape index (κ1) is 13.0. The molecule has 0 aliphatic rings. The normalized spacial score (nSPS) is 13.7. The molecular formula is C9H16N3O3S+. The lowest BCUT2D eigenvalue weighted by molar-refractivity contribution is -0.694. The fraction of sp³-hybridized carbons (Fsp3) is 0.444. The maximum Gasteiger partial charge on any atom is 0.274 e. The third-order valence-corrected chi connectivity index (χ3v) is 2.68. The van der Waals surface area contributed by atoms with E-state index in [9.17, 15) is 13.5 Å². The van der Waals surface area contributed by atoms with Gasteiger partial charge in [0.1, 0.15) is 0 Å². The summed E-state index contributed by atoms with van der Waals surface area (Å²) in [5.74, 6) is 0. The molecule has 90 valence electrons. The molecule has 0 aromatic carbocycles. The Morgan fingerprint density at radius 1 is 1.50 bits per heavy atom. The first-order valence-electron chi connectivity index (χ1n) is 4.83. The quantitative estimate of drug-likeness (QED) is 0.571. The summed E-state index contributed by atoms with van der Waals surface area (Å²) in [6.45, 7) is 2.40. The summed E-state index contributed by atoms with van der Waals surface area (Å²) in [6, 6.07) is 3.56. The Morgan fingerprint density at radius 2 is 2.06 bits per heavy atom. The van der Waals surface area contributed by atoms with E-state index in [-0.39, 0.29) is 6.54 Å². The third kappa shape index (κ3) is 4.67. The van der Waals surface area contributed by atoms with Crippen LogP contribution < -0.4 is 14.4 Å². The Labute approximate surface area is 94.9 Å². The molecule has 4 N–H and O–H groups in total. The number of hydrogen-bond donors (Lipinski definition) is 3. The van der Waals surface area contributed by atoms with Crippen LogP contribution in [0.3, 0.4) is 0 Å². The summed E-state index contributed by atoms with van der Waals surface area (Å²) >= 11 is 0. The van der Waals surface area contributed by atoms with Gasteiger partial charge in [0.25, 0.3) is 10.2 Å². The molecule has 0 fully saturated rings. The average Bonchev–Trinajstić information content (AvgIpc) is 2.16. The van der Waals surface area contributed by atoms with Crippen molar-refractivity contribution in [3.63, 3.8) is 0 Å². The molecule has 0 bridgehead atoms. The SMILES string of the molecule is CC(O)c1cc[n+](CCNS(N)(=O)=O)cc1. The Morgan fingerprint density at radius 3 is 2.50 bits per heavy atom. The van der Waals surface area contributed by atoms with Gasteiger partial charge in [0.15, 0.2) is 18.9 Å². The zero-order valence-corrected chi connectivity index (χ0v) is 9.81. The zero-order valence-electron chi connectivity index (χ0n) is 9.00. The van der Waals surface area contributed by atoms with Crippen molar-refractivity contribution in [2.24, 2.45) is 5.14 Å². The topological polar surface area (TPSA) is 96.3 Å². The van der Waals surface area contributed by atoms with Crippen LogP contribution in [0.15, 0.2) is 24.5 Å². The predicted octanol–water partition coefficient (Wildman–Crippen LogP) is -1.18. The fourth-order valence-corrected chi connectivity index (χ4v) is 1.59. The number of nitrogens with zero attached hydrogens (tertiary/aromatic N) is 1. The lowest BCUT2D eigenvalue weighted by Gasteiger charge is -2.03. The predicted molar refractivity (Wildman–Crippen MR) is 58.4 cm³/mol. The van der Waals surface area contributed by atoms with E-state index in [0.717, 1.165) is 5.56 Å². The molecule has 0 radical (unpaired) electrons. The molecule has 0 saturated heterocycles. The summed E-state index contributed by atoms with van der Waals surface area (Å²) in [6.07, 6.45) is 3.04. The van der Waals surface area contributed by atoms with Gasteiger partial charge in [-0.05, 0) is 12.5 Å². The Balaban J connectivity index is 2.50. The van der Waals surface area contributed by atoms with Gasteiger partial charge in [-0.3, -0.25) is 0 Å². The van der Waals surface area contributed by atoms with Crippen LogP contribution in [0.1, 0.15) is 18.6 Å². The number of aliphatic hydroxyl groups excluding tert-OH is 1. The molecule has 16 heavy (non-hydrogen) atoms. The standard InChI is InChI=1S/C9H16N3O3S/c1-8(13)9-2-5-12(6-3-9)7-4-11-16(10,14)15/h2-3,5-6,8,11,13H,4,7H2,1H3,(H2,10,14,15)/q+1. The number of nitrogens with two attached hydrogens (primary N) is 1. The average molecular weight is 246 g/mol. The van der Waals surface area contributed by atoms with E-state index in [1.54, 1.807) is 36.0 Å². The van der Waals surface area contributed by atoms with Gasteiger partial charge in [-0.25, -0.2) is 9.71 Å². The number of aromatic nitrogens is 1. The van der Waals surface area contributed by atoms with E-state index in [0.29, 0.717) is 6.54 Å². The highest BCUT2D eigenvalue weighted by molar-refractivity contribution is 7.87. The van der Waals surface area contributed by atoms with Gasteiger partial charge in [0, 0.05) is 12.1 Å². The minimum absolute atomic E-state index is 0.234. The van der Waals surface area contributed by atoms with Crippen molar-refractivity contribution in [2.75, 3.05) is 6.54 Å². The van der Waals surface area contributed by atoms with Gasteiger partial charge >= 0.3 is 0 Å². The van der Waals surface area contributed by atoms with E-state index >= 15 is 0 Å². The highest BCUT2D eigenvalue weighted by Gasteiger charge is 2.06. The first-order chi connectivity index (χ1) is 7.38. The minimum atomic E-state index is -3.62. The number of aliphatic hydroxyl groups is 1. The fourth-order valence-electron chi connectivity index (χ4n) is 1.21. The molecule has 1 aromatic rings. The van der Waals surface area contributed by atoms with Gasteiger partial charge in [-0.15, -0.1) is 0 Å². The second-order valence-corrected chi connectivity index (χ2v) is 4.86. The summed E-state index contributed by atoms with van der Waals surface area (Å²) in [5, 5.41) is 14.1. The maximum absolute atomic E-state index is 10.6. The van der Waals surface area contributed by atoms with Crippen molar-refractivity contribution in [3.05, 3.63) is 30.1 Å². The number of hydrogen-bond acceptors (Lipinski definition) is 3. The van der Waals surface area contributed by atoms with Gasteiger partial charge in [0.05, 0.1) is 12.6 Å². The molecule has 1 unspecified atom stereocenters.